The average Bonchev–Trinajstić information content (AvgIpc) is 3.11. The average molecular weight is 278 g/mol. The molecule has 2 fully saturated rings. The predicted molar refractivity (Wildman–Crippen MR) is 69.9 cm³/mol. The molecule has 0 bridgehead atoms. The first-order valence-corrected chi connectivity index (χ1v) is 6.94. The molecule has 2 aliphatic rings. The van der Waals surface area contributed by atoms with Gasteiger partial charge in [0.05, 0.1) is 6.54 Å². The van der Waals surface area contributed by atoms with Gasteiger partial charge in [-0.1, -0.05) is 6.42 Å². The largest absolute Gasteiger partial charge is 0.480 e. The van der Waals surface area contributed by atoms with E-state index in [4.69, 9.17) is 10.2 Å². The molecule has 3 N–H and O–H groups in total. The number of furan rings is 1. The van der Waals surface area contributed by atoms with Crippen molar-refractivity contribution in [3.05, 3.63) is 23.7 Å². The number of carboxylic acids is 1. The Morgan fingerprint density at radius 1 is 1.40 bits per heavy atom. The van der Waals surface area contributed by atoms with Crippen LogP contribution in [-0.2, 0) is 11.3 Å². The summed E-state index contributed by atoms with van der Waals surface area (Å²) in [5.41, 5.74) is 5.45. The third kappa shape index (κ3) is 2.00. The van der Waals surface area contributed by atoms with Crippen molar-refractivity contribution < 1.29 is 19.1 Å². The van der Waals surface area contributed by atoms with Crippen molar-refractivity contribution in [3.8, 4) is 0 Å². The van der Waals surface area contributed by atoms with Crippen LogP contribution in [-0.4, -0.2) is 34.5 Å². The first kappa shape index (κ1) is 13.2. The van der Waals surface area contributed by atoms with Gasteiger partial charge in [-0.05, 0) is 36.8 Å². The van der Waals surface area contributed by atoms with Crippen molar-refractivity contribution in [2.45, 2.75) is 31.8 Å². The van der Waals surface area contributed by atoms with E-state index in [1.807, 2.05) is 0 Å². The van der Waals surface area contributed by atoms with Crippen molar-refractivity contribution >= 4 is 11.9 Å². The van der Waals surface area contributed by atoms with Crippen LogP contribution in [0.3, 0.4) is 0 Å². The molecule has 1 aliphatic heterocycles. The number of hydrogen-bond acceptors (Lipinski definition) is 4. The quantitative estimate of drug-likeness (QED) is 0.861. The maximum Gasteiger partial charge on any atom is 0.326 e. The molecule has 3 rings (SSSR count). The van der Waals surface area contributed by atoms with Crippen LogP contribution < -0.4 is 5.73 Å². The van der Waals surface area contributed by atoms with Crippen molar-refractivity contribution in [3.63, 3.8) is 0 Å². The Kier molecular flexibility index (Phi) is 3.25. The molecule has 3 unspecified atom stereocenters. The lowest BCUT2D eigenvalue weighted by atomic mass is 9.94. The number of likely N-dealkylation sites (tertiary alicyclic amines) is 1. The van der Waals surface area contributed by atoms with E-state index in [2.05, 4.69) is 0 Å². The third-order valence-electron chi connectivity index (χ3n) is 4.48. The zero-order chi connectivity index (χ0) is 14.3. The molecule has 1 aromatic rings. The molecule has 108 valence electrons. The number of nitrogens with two attached hydrogens (primary N) is 1. The number of hydrogen-bond donors (Lipinski definition) is 2. The van der Waals surface area contributed by atoms with Gasteiger partial charge in [0.15, 0.2) is 5.76 Å². The van der Waals surface area contributed by atoms with Crippen molar-refractivity contribution in [2.24, 2.45) is 17.6 Å². The van der Waals surface area contributed by atoms with Crippen LogP contribution in [0.15, 0.2) is 16.5 Å². The van der Waals surface area contributed by atoms with Crippen LogP contribution in [0, 0.1) is 11.8 Å². The summed E-state index contributed by atoms with van der Waals surface area (Å²) >= 11 is 0. The minimum Gasteiger partial charge on any atom is -0.480 e. The van der Waals surface area contributed by atoms with E-state index in [9.17, 15) is 14.7 Å². The Bertz CT molecular complexity index is 539. The Balaban J connectivity index is 1.85. The van der Waals surface area contributed by atoms with Gasteiger partial charge < -0.3 is 20.2 Å². The zero-order valence-corrected chi connectivity index (χ0v) is 11.1. The van der Waals surface area contributed by atoms with Gasteiger partial charge in [0, 0.05) is 6.54 Å². The summed E-state index contributed by atoms with van der Waals surface area (Å²) in [6, 6.07) is 2.50. The summed E-state index contributed by atoms with van der Waals surface area (Å²) in [5.74, 6) is -0.162. The van der Waals surface area contributed by atoms with E-state index in [-0.39, 0.29) is 24.1 Å². The Hall–Kier alpha value is -1.82. The number of nitrogens with zero attached hydrogens (tertiary/aromatic N) is 1. The van der Waals surface area contributed by atoms with Gasteiger partial charge in [-0.25, -0.2) is 4.79 Å². The van der Waals surface area contributed by atoms with Crippen molar-refractivity contribution in [1.82, 2.24) is 4.90 Å². The number of carboxylic acid groups (broad SMARTS) is 1. The van der Waals surface area contributed by atoms with Gasteiger partial charge in [0.1, 0.15) is 11.8 Å². The molecule has 2 heterocycles. The molecule has 1 aliphatic carbocycles. The molecule has 6 heteroatoms. The fraction of sp³-hybridized carbons (Fsp3) is 0.571. The van der Waals surface area contributed by atoms with Gasteiger partial charge in [0.25, 0.3) is 5.91 Å². The van der Waals surface area contributed by atoms with Gasteiger partial charge in [-0.2, -0.15) is 0 Å². The highest BCUT2D eigenvalue weighted by Crippen LogP contribution is 2.42. The van der Waals surface area contributed by atoms with E-state index >= 15 is 0 Å². The standard InChI is InChI=1S/C14H18N2O4/c15-6-9-4-5-11(20-9)13(17)16-7-8-2-1-3-10(8)12(16)14(18)19/h4-5,8,10,12H,1-3,6-7,15H2,(H,18,19). The Labute approximate surface area is 116 Å². The van der Waals surface area contributed by atoms with Crippen LogP contribution in [0.5, 0.6) is 0 Å². The minimum atomic E-state index is -0.918. The first-order valence-electron chi connectivity index (χ1n) is 6.94. The number of aliphatic carboxylic acids is 1. The van der Waals surface area contributed by atoms with Crippen LogP contribution in [0.25, 0.3) is 0 Å². The molecule has 20 heavy (non-hydrogen) atoms. The van der Waals surface area contributed by atoms with Crippen molar-refractivity contribution in [1.29, 1.82) is 0 Å². The van der Waals surface area contributed by atoms with Gasteiger partial charge in [-0.3, -0.25) is 4.79 Å². The van der Waals surface area contributed by atoms with E-state index in [0.29, 0.717) is 18.2 Å². The summed E-state index contributed by atoms with van der Waals surface area (Å²) in [7, 11) is 0. The zero-order valence-electron chi connectivity index (χ0n) is 11.1. The van der Waals surface area contributed by atoms with Crippen LogP contribution >= 0.6 is 0 Å². The summed E-state index contributed by atoms with van der Waals surface area (Å²) in [4.78, 5) is 25.4. The molecule has 6 nitrogen and oxygen atoms in total. The molecule has 0 aromatic carbocycles. The second-order valence-corrected chi connectivity index (χ2v) is 5.57. The second kappa shape index (κ2) is 4.94. The lowest BCUT2D eigenvalue weighted by Crippen LogP contribution is -2.43. The van der Waals surface area contributed by atoms with Gasteiger partial charge >= 0.3 is 5.97 Å². The van der Waals surface area contributed by atoms with E-state index < -0.39 is 12.0 Å². The highest BCUT2D eigenvalue weighted by atomic mass is 16.4. The highest BCUT2D eigenvalue weighted by Gasteiger charge is 2.50. The SMILES string of the molecule is NCc1ccc(C(=O)N2CC3CCCC3C2C(=O)O)o1. The summed E-state index contributed by atoms with van der Waals surface area (Å²) in [6.45, 7) is 0.736. The first-order chi connectivity index (χ1) is 9.61. The molecule has 0 radical (unpaired) electrons. The topological polar surface area (TPSA) is 96.8 Å². The minimum absolute atomic E-state index is 0.0837. The number of amides is 1. The normalized spacial score (nSPS) is 28.6. The lowest BCUT2D eigenvalue weighted by Gasteiger charge is -2.23. The molecular formula is C14H18N2O4. The van der Waals surface area contributed by atoms with Crippen molar-refractivity contribution in [2.75, 3.05) is 6.54 Å². The molecule has 1 aromatic heterocycles. The lowest BCUT2D eigenvalue weighted by molar-refractivity contribution is -0.142. The van der Waals surface area contributed by atoms with Gasteiger partial charge in [0.2, 0.25) is 0 Å². The van der Waals surface area contributed by atoms with E-state index in [1.165, 1.54) is 4.90 Å². The smallest absolute Gasteiger partial charge is 0.326 e. The predicted octanol–water partition coefficient (Wildman–Crippen LogP) is 1.06. The molecule has 0 spiro atoms. The fourth-order valence-electron chi connectivity index (χ4n) is 3.57. The molecule has 1 saturated carbocycles. The fourth-order valence-corrected chi connectivity index (χ4v) is 3.57. The Morgan fingerprint density at radius 3 is 2.85 bits per heavy atom. The monoisotopic (exact) mass is 278 g/mol. The summed E-state index contributed by atoms with van der Waals surface area (Å²) < 4.78 is 5.35. The number of carbonyl (C=O) groups excluding carboxylic acids is 1. The van der Waals surface area contributed by atoms with Crippen LogP contribution in [0.2, 0.25) is 0 Å². The molecule has 1 amide bonds. The number of rotatable bonds is 3. The number of carbonyl (C=O) groups is 2. The third-order valence-corrected chi connectivity index (χ3v) is 4.48. The number of fused-ring (bicyclic) bond motifs is 1. The van der Waals surface area contributed by atoms with Crippen LogP contribution in [0.1, 0.15) is 35.6 Å². The summed E-state index contributed by atoms with van der Waals surface area (Å²) in [5, 5.41) is 9.43. The highest BCUT2D eigenvalue weighted by molar-refractivity contribution is 5.95. The van der Waals surface area contributed by atoms with Crippen LogP contribution in [0.4, 0.5) is 0 Å². The molecular weight excluding hydrogens is 260 g/mol. The maximum absolute atomic E-state index is 12.5. The molecule has 1 saturated heterocycles. The van der Waals surface area contributed by atoms with E-state index in [1.54, 1.807) is 12.1 Å². The maximum atomic E-state index is 12.5. The summed E-state index contributed by atoms with van der Waals surface area (Å²) in [6.07, 6.45) is 2.95. The molecule has 3 atom stereocenters. The van der Waals surface area contributed by atoms with E-state index in [0.717, 1.165) is 19.3 Å². The Morgan fingerprint density at radius 2 is 2.20 bits per heavy atom. The van der Waals surface area contributed by atoms with Gasteiger partial charge in [-0.15, -0.1) is 0 Å². The second-order valence-electron chi connectivity index (χ2n) is 5.57.